The number of carbonyl (C=O) groups is 3. The van der Waals surface area contributed by atoms with Crippen molar-refractivity contribution < 1.29 is 27.6 Å². The standard InChI is InChI=1S/C25H24F3N3O3/c26-16-5-3-6-18(12-16)31(22(33)20-8-9-21(32)30-20)25(11-10-15-4-1-2-7-19(15)25)23(34)29-17-13-24(27,28)14-17/h1-7,12,17,20H,8-11,13-14H2,(H,29,34)(H,30,32)/t20-,25?/m0/s1. The summed E-state index contributed by atoms with van der Waals surface area (Å²) in [5.74, 6) is -4.82. The van der Waals surface area contributed by atoms with Crippen LogP contribution < -0.4 is 15.5 Å². The van der Waals surface area contributed by atoms with E-state index in [0.29, 0.717) is 12.0 Å². The third kappa shape index (κ3) is 3.73. The number of halogens is 3. The average Bonchev–Trinajstić information content (AvgIpc) is 3.38. The molecule has 6 nitrogen and oxygen atoms in total. The van der Waals surface area contributed by atoms with Gasteiger partial charge in [0.2, 0.25) is 5.91 Å². The predicted octanol–water partition coefficient (Wildman–Crippen LogP) is 3.19. The second-order valence-electron chi connectivity index (χ2n) is 9.26. The van der Waals surface area contributed by atoms with Crippen molar-refractivity contribution in [2.45, 2.75) is 62.1 Å². The van der Waals surface area contributed by atoms with Crippen molar-refractivity contribution in [3.05, 3.63) is 65.5 Å². The minimum absolute atomic E-state index is 0.164. The van der Waals surface area contributed by atoms with Gasteiger partial charge in [-0.3, -0.25) is 19.3 Å². The van der Waals surface area contributed by atoms with Crippen molar-refractivity contribution in [2.24, 2.45) is 0 Å². The number of amides is 3. The highest BCUT2D eigenvalue weighted by Crippen LogP contribution is 2.46. The van der Waals surface area contributed by atoms with Gasteiger partial charge in [0.05, 0.1) is 0 Å². The highest BCUT2D eigenvalue weighted by Gasteiger charge is 2.56. The summed E-state index contributed by atoms with van der Waals surface area (Å²) < 4.78 is 41.3. The maximum absolute atomic E-state index is 14.3. The van der Waals surface area contributed by atoms with Gasteiger partial charge in [-0.25, -0.2) is 13.2 Å². The van der Waals surface area contributed by atoms with Crippen molar-refractivity contribution in [1.82, 2.24) is 10.6 Å². The normalized spacial score (nSPS) is 25.3. The van der Waals surface area contributed by atoms with Crippen LogP contribution >= 0.6 is 0 Å². The molecule has 178 valence electrons. The van der Waals surface area contributed by atoms with E-state index in [9.17, 15) is 27.6 Å². The molecule has 1 unspecified atom stereocenters. The van der Waals surface area contributed by atoms with Gasteiger partial charge in [-0.1, -0.05) is 30.3 Å². The van der Waals surface area contributed by atoms with E-state index in [-0.39, 0.29) is 30.9 Å². The molecular weight excluding hydrogens is 447 g/mol. The van der Waals surface area contributed by atoms with Crippen molar-refractivity contribution in [2.75, 3.05) is 4.90 Å². The summed E-state index contributed by atoms with van der Waals surface area (Å²) in [5.41, 5.74) is 0.0124. The Morgan fingerprint density at radius 2 is 1.82 bits per heavy atom. The van der Waals surface area contributed by atoms with Crippen LogP contribution in [0.3, 0.4) is 0 Å². The number of nitrogens with zero attached hydrogens (tertiary/aromatic N) is 1. The number of carbonyl (C=O) groups excluding carboxylic acids is 3. The smallest absolute Gasteiger partial charge is 0.252 e. The molecule has 2 aliphatic carbocycles. The van der Waals surface area contributed by atoms with Gasteiger partial charge in [0.1, 0.15) is 11.9 Å². The summed E-state index contributed by atoms with van der Waals surface area (Å²) in [7, 11) is 0. The minimum atomic E-state index is -2.83. The Morgan fingerprint density at radius 3 is 2.50 bits per heavy atom. The van der Waals surface area contributed by atoms with Gasteiger partial charge in [-0.2, -0.15) is 0 Å². The first-order valence-electron chi connectivity index (χ1n) is 11.4. The van der Waals surface area contributed by atoms with Gasteiger partial charge < -0.3 is 10.6 Å². The summed E-state index contributed by atoms with van der Waals surface area (Å²) in [6, 6.07) is 10.9. The number of nitrogens with one attached hydrogen (secondary N) is 2. The number of hydrogen-bond donors (Lipinski definition) is 2. The van der Waals surface area contributed by atoms with Crippen LogP contribution in [0.4, 0.5) is 18.9 Å². The number of fused-ring (bicyclic) bond motifs is 1. The Kier molecular flexibility index (Phi) is 5.37. The number of alkyl halides is 2. The molecule has 2 aromatic rings. The van der Waals surface area contributed by atoms with Crippen molar-refractivity contribution in [1.29, 1.82) is 0 Å². The van der Waals surface area contributed by atoms with Crippen molar-refractivity contribution >= 4 is 23.4 Å². The van der Waals surface area contributed by atoms with E-state index in [2.05, 4.69) is 10.6 Å². The lowest BCUT2D eigenvalue weighted by atomic mass is 9.83. The summed E-state index contributed by atoms with van der Waals surface area (Å²) in [6.07, 6.45) is 0.148. The highest BCUT2D eigenvalue weighted by molar-refractivity contribution is 6.08. The zero-order chi connectivity index (χ0) is 24.1. The first-order valence-corrected chi connectivity index (χ1v) is 11.4. The third-order valence-electron chi connectivity index (χ3n) is 6.98. The Morgan fingerprint density at radius 1 is 1.06 bits per heavy atom. The van der Waals surface area contributed by atoms with Crippen molar-refractivity contribution in [3.63, 3.8) is 0 Å². The van der Waals surface area contributed by atoms with Crippen LogP contribution in [-0.4, -0.2) is 35.7 Å². The van der Waals surface area contributed by atoms with E-state index in [1.165, 1.54) is 29.2 Å². The summed E-state index contributed by atoms with van der Waals surface area (Å²) >= 11 is 0. The fourth-order valence-corrected chi connectivity index (χ4v) is 5.34. The van der Waals surface area contributed by atoms with Crippen LogP contribution in [0.25, 0.3) is 0 Å². The van der Waals surface area contributed by atoms with Gasteiger partial charge in [0, 0.05) is 31.0 Å². The van der Waals surface area contributed by atoms with E-state index in [0.717, 1.165) is 5.56 Å². The Balaban J connectivity index is 1.63. The van der Waals surface area contributed by atoms with Gasteiger partial charge in [0.25, 0.3) is 17.7 Å². The molecule has 1 saturated carbocycles. The monoisotopic (exact) mass is 471 g/mol. The van der Waals surface area contributed by atoms with Crippen molar-refractivity contribution in [3.8, 4) is 0 Å². The summed E-state index contributed by atoms with van der Waals surface area (Å²) in [5, 5.41) is 5.36. The fraction of sp³-hybridized carbons (Fsp3) is 0.400. The molecule has 9 heteroatoms. The molecule has 0 bridgehead atoms. The largest absolute Gasteiger partial charge is 0.351 e. The van der Waals surface area contributed by atoms with Crippen LogP contribution in [0.2, 0.25) is 0 Å². The maximum atomic E-state index is 14.3. The van der Waals surface area contributed by atoms with E-state index in [1.54, 1.807) is 12.1 Å². The molecular formula is C25H24F3N3O3. The first kappa shape index (κ1) is 22.4. The Hall–Kier alpha value is -3.36. The van der Waals surface area contributed by atoms with Crippen LogP contribution in [0.1, 0.15) is 43.2 Å². The lowest BCUT2D eigenvalue weighted by molar-refractivity contribution is -0.137. The van der Waals surface area contributed by atoms with Gasteiger partial charge in [0.15, 0.2) is 5.54 Å². The average molecular weight is 471 g/mol. The van der Waals surface area contributed by atoms with E-state index >= 15 is 0 Å². The molecule has 1 aliphatic heterocycles. The second kappa shape index (κ2) is 8.14. The lowest BCUT2D eigenvalue weighted by Gasteiger charge is -2.44. The van der Waals surface area contributed by atoms with Crippen LogP contribution in [0.15, 0.2) is 48.5 Å². The molecule has 1 saturated heterocycles. The lowest BCUT2D eigenvalue weighted by Crippen LogP contribution is -2.63. The van der Waals surface area contributed by atoms with Gasteiger partial charge >= 0.3 is 0 Å². The van der Waals surface area contributed by atoms with Crippen LogP contribution in [-0.2, 0) is 26.3 Å². The summed E-state index contributed by atoms with van der Waals surface area (Å²) in [6.45, 7) is 0. The second-order valence-corrected chi connectivity index (χ2v) is 9.26. The molecule has 0 aromatic heterocycles. The summed E-state index contributed by atoms with van der Waals surface area (Å²) in [4.78, 5) is 40.9. The number of hydrogen-bond acceptors (Lipinski definition) is 3. The SMILES string of the molecule is O=C1CC[C@@H](C(=O)N(c2cccc(F)c2)C2(C(=O)NC3CC(F)(F)C3)CCc3ccccc32)N1. The maximum Gasteiger partial charge on any atom is 0.252 e. The molecule has 5 rings (SSSR count). The Bertz CT molecular complexity index is 1160. The quantitative estimate of drug-likeness (QED) is 0.703. The number of benzene rings is 2. The molecule has 2 fully saturated rings. The minimum Gasteiger partial charge on any atom is -0.351 e. The third-order valence-corrected chi connectivity index (χ3v) is 6.98. The molecule has 2 aromatic carbocycles. The predicted molar refractivity (Wildman–Crippen MR) is 118 cm³/mol. The molecule has 2 N–H and O–H groups in total. The molecule has 0 radical (unpaired) electrons. The van der Waals surface area contributed by atoms with E-state index in [4.69, 9.17) is 0 Å². The van der Waals surface area contributed by atoms with Crippen LogP contribution in [0, 0.1) is 5.82 Å². The molecule has 3 aliphatic rings. The zero-order valence-electron chi connectivity index (χ0n) is 18.3. The molecule has 3 amide bonds. The molecule has 34 heavy (non-hydrogen) atoms. The highest BCUT2D eigenvalue weighted by atomic mass is 19.3. The van der Waals surface area contributed by atoms with Crippen LogP contribution in [0.5, 0.6) is 0 Å². The molecule has 2 atom stereocenters. The topological polar surface area (TPSA) is 78.5 Å². The number of aryl methyl sites for hydroxylation is 1. The number of anilines is 1. The molecule has 1 heterocycles. The zero-order valence-corrected chi connectivity index (χ0v) is 18.3. The first-order chi connectivity index (χ1) is 16.2. The number of rotatable bonds is 5. The van der Waals surface area contributed by atoms with Gasteiger partial charge in [-0.05, 0) is 48.6 Å². The van der Waals surface area contributed by atoms with Gasteiger partial charge in [-0.15, -0.1) is 0 Å². The van der Waals surface area contributed by atoms with E-state index < -0.39 is 54.0 Å². The fourth-order valence-electron chi connectivity index (χ4n) is 5.34. The van der Waals surface area contributed by atoms with E-state index in [1.807, 2.05) is 12.1 Å². The molecule has 0 spiro atoms. The Labute approximate surface area is 194 Å².